The van der Waals surface area contributed by atoms with Crippen molar-refractivity contribution in [2.24, 2.45) is 0 Å². The summed E-state index contributed by atoms with van der Waals surface area (Å²) >= 11 is 18.3. The number of hydrogen-bond donors (Lipinski definition) is 0. The molecule has 1 heterocycles. The molecule has 3 aromatic rings. The van der Waals surface area contributed by atoms with Gasteiger partial charge in [0, 0.05) is 36.6 Å². The highest BCUT2D eigenvalue weighted by Gasteiger charge is 2.24. The van der Waals surface area contributed by atoms with Crippen molar-refractivity contribution in [1.82, 2.24) is 14.1 Å². The Morgan fingerprint density at radius 2 is 1.83 bits per heavy atom. The Morgan fingerprint density at radius 3 is 2.53 bits per heavy atom. The van der Waals surface area contributed by atoms with Crippen LogP contribution in [0.1, 0.15) is 25.5 Å². The highest BCUT2D eigenvalue weighted by Crippen LogP contribution is 2.34. The molecule has 0 spiro atoms. The fraction of sp³-hybridized carbons (Fsp3) is 0.333. The number of ether oxygens (including phenoxy) is 2. The van der Waals surface area contributed by atoms with Crippen LogP contribution in [-0.4, -0.2) is 48.7 Å². The van der Waals surface area contributed by atoms with E-state index in [2.05, 4.69) is 5.10 Å². The van der Waals surface area contributed by atoms with Crippen LogP contribution in [-0.2, 0) is 32.5 Å². The predicted molar refractivity (Wildman–Crippen MR) is 140 cm³/mol. The number of aromatic nitrogens is 2. The van der Waals surface area contributed by atoms with Gasteiger partial charge in [-0.05, 0) is 62.6 Å². The van der Waals surface area contributed by atoms with Crippen LogP contribution >= 0.6 is 34.8 Å². The van der Waals surface area contributed by atoms with Gasteiger partial charge in [-0.2, -0.15) is 5.10 Å². The van der Waals surface area contributed by atoms with Crippen LogP contribution in [0.3, 0.4) is 0 Å². The maximum Gasteiger partial charge on any atom is 0.327 e. The van der Waals surface area contributed by atoms with Gasteiger partial charge >= 0.3 is 5.97 Å². The zero-order valence-electron chi connectivity index (χ0n) is 19.8. The zero-order chi connectivity index (χ0) is 26.3. The van der Waals surface area contributed by atoms with E-state index in [4.69, 9.17) is 44.3 Å². The Kier molecular flexibility index (Phi) is 10.0. The fourth-order valence-electron chi connectivity index (χ4n) is 3.41. The molecule has 2 aromatic carbocycles. The van der Waals surface area contributed by atoms with Gasteiger partial charge in [-0.3, -0.25) is 9.48 Å². The number of benzene rings is 2. The van der Waals surface area contributed by atoms with E-state index in [1.165, 1.54) is 29.6 Å². The van der Waals surface area contributed by atoms with Gasteiger partial charge in [-0.1, -0.05) is 34.8 Å². The minimum atomic E-state index is -3.81. The van der Waals surface area contributed by atoms with E-state index >= 15 is 0 Å². The first-order valence-electron chi connectivity index (χ1n) is 11.2. The predicted octanol–water partition coefficient (Wildman–Crippen LogP) is 5.84. The number of esters is 1. The summed E-state index contributed by atoms with van der Waals surface area (Å²) in [4.78, 5) is 11.7. The minimum absolute atomic E-state index is 0.0197. The highest BCUT2D eigenvalue weighted by atomic mass is 35.5. The van der Waals surface area contributed by atoms with Crippen LogP contribution in [0.2, 0.25) is 15.1 Å². The first kappa shape index (κ1) is 28.3. The minimum Gasteiger partial charge on any atom is -0.465 e. The summed E-state index contributed by atoms with van der Waals surface area (Å²) in [5.41, 5.74) is 0.882. The summed E-state index contributed by atoms with van der Waals surface area (Å²) in [5.74, 6) is 0.358. The molecule has 3 rings (SSSR count). The molecule has 0 N–H and O–H groups in total. The Morgan fingerprint density at radius 1 is 1.06 bits per heavy atom. The third-order valence-corrected chi connectivity index (χ3v) is 8.13. The molecule has 0 atom stereocenters. The molecular weight excluding hydrogens is 549 g/mol. The average Bonchev–Trinajstić information content (AvgIpc) is 3.25. The molecule has 0 saturated heterocycles. The Balaban J connectivity index is 1.57. The second-order valence-corrected chi connectivity index (χ2v) is 11.1. The van der Waals surface area contributed by atoms with Crippen LogP contribution in [0, 0.1) is 0 Å². The van der Waals surface area contributed by atoms with Crippen molar-refractivity contribution in [1.29, 1.82) is 0 Å². The molecule has 0 saturated carbocycles. The molecule has 12 heteroatoms. The quantitative estimate of drug-likeness (QED) is 0.199. The first-order chi connectivity index (χ1) is 17.1. The molecule has 0 aliphatic rings. The van der Waals surface area contributed by atoms with Gasteiger partial charge in [0.15, 0.2) is 0 Å². The monoisotopic (exact) mass is 573 g/mol. The van der Waals surface area contributed by atoms with Crippen molar-refractivity contribution in [3.8, 4) is 11.5 Å². The van der Waals surface area contributed by atoms with Crippen molar-refractivity contribution < 1.29 is 22.7 Å². The van der Waals surface area contributed by atoms with Crippen LogP contribution in [0.25, 0.3) is 0 Å². The second kappa shape index (κ2) is 12.8. The van der Waals surface area contributed by atoms with Crippen LogP contribution in [0.5, 0.6) is 11.5 Å². The Labute approximate surface area is 225 Å². The molecule has 0 fully saturated rings. The number of unbranched alkanes of at least 4 members (excludes halogenated alkanes) is 1. The lowest BCUT2D eigenvalue weighted by molar-refractivity contribution is -0.144. The zero-order valence-corrected chi connectivity index (χ0v) is 22.9. The normalized spacial score (nSPS) is 11.6. The molecular formula is C24H26Cl3N3O5S. The molecule has 36 heavy (non-hydrogen) atoms. The molecule has 8 nitrogen and oxygen atoms in total. The summed E-state index contributed by atoms with van der Waals surface area (Å²) in [5, 5.41) is 4.98. The van der Waals surface area contributed by atoms with E-state index in [0.29, 0.717) is 54.0 Å². The molecule has 0 bridgehead atoms. The highest BCUT2D eigenvalue weighted by molar-refractivity contribution is 7.89. The molecule has 1 aromatic heterocycles. The topological polar surface area (TPSA) is 90.7 Å². The number of rotatable bonds is 12. The summed E-state index contributed by atoms with van der Waals surface area (Å²) in [7, 11) is -2.31. The van der Waals surface area contributed by atoms with Gasteiger partial charge in [-0.25, -0.2) is 12.7 Å². The van der Waals surface area contributed by atoms with E-state index in [1.807, 2.05) is 6.07 Å². The summed E-state index contributed by atoms with van der Waals surface area (Å²) in [6.45, 7) is 2.40. The van der Waals surface area contributed by atoms with E-state index in [-0.39, 0.29) is 22.4 Å². The number of nitrogens with zero attached hydrogens (tertiary/aromatic N) is 3. The van der Waals surface area contributed by atoms with Gasteiger partial charge in [0.1, 0.15) is 22.9 Å². The lowest BCUT2D eigenvalue weighted by Crippen LogP contribution is -2.28. The third-order valence-electron chi connectivity index (χ3n) is 5.26. The Hall–Kier alpha value is -2.30. The van der Waals surface area contributed by atoms with Crippen molar-refractivity contribution in [2.45, 2.75) is 37.6 Å². The number of aryl methyl sites for hydroxylation is 1. The van der Waals surface area contributed by atoms with E-state index in [9.17, 15) is 13.2 Å². The first-order valence-corrected chi connectivity index (χ1v) is 13.7. The van der Waals surface area contributed by atoms with Gasteiger partial charge in [0.25, 0.3) is 0 Å². The molecule has 0 amide bonds. The van der Waals surface area contributed by atoms with Crippen LogP contribution in [0.4, 0.5) is 0 Å². The second-order valence-electron chi connectivity index (χ2n) is 7.84. The maximum atomic E-state index is 13.1. The summed E-state index contributed by atoms with van der Waals surface area (Å²) < 4.78 is 39.7. The van der Waals surface area contributed by atoms with Gasteiger partial charge in [-0.15, -0.1) is 0 Å². The van der Waals surface area contributed by atoms with E-state index in [0.717, 1.165) is 5.69 Å². The molecule has 0 aliphatic carbocycles. The number of hydrogen-bond acceptors (Lipinski definition) is 6. The third kappa shape index (κ3) is 7.36. The van der Waals surface area contributed by atoms with Gasteiger partial charge < -0.3 is 9.47 Å². The number of halogens is 3. The van der Waals surface area contributed by atoms with Crippen molar-refractivity contribution >= 4 is 50.8 Å². The number of carbonyl (C=O) groups is 1. The van der Waals surface area contributed by atoms with E-state index < -0.39 is 10.0 Å². The fourth-order valence-corrected chi connectivity index (χ4v) is 5.57. The van der Waals surface area contributed by atoms with Gasteiger partial charge in [0.2, 0.25) is 10.0 Å². The smallest absolute Gasteiger partial charge is 0.327 e. The van der Waals surface area contributed by atoms with Crippen molar-refractivity contribution in [3.05, 3.63) is 69.4 Å². The van der Waals surface area contributed by atoms with Crippen LogP contribution < -0.4 is 4.74 Å². The lowest BCUT2D eigenvalue weighted by atomic mass is 10.2. The average molecular weight is 575 g/mol. The number of sulfonamides is 1. The summed E-state index contributed by atoms with van der Waals surface area (Å²) in [6, 6.07) is 11.0. The van der Waals surface area contributed by atoms with E-state index in [1.54, 1.807) is 36.0 Å². The van der Waals surface area contributed by atoms with Gasteiger partial charge in [0.05, 0.1) is 16.7 Å². The molecule has 194 valence electrons. The maximum absolute atomic E-state index is 13.1. The Bertz CT molecular complexity index is 1310. The van der Waals surface area contributed by atoms with Crippen molar-refractivity contribution in [2.75, 3.05) is 20.2 Å². The molecule has 0 aliphatic heterocycles. The van der Waals surface area contributed by atoms with Crippen LogP contribution in [0.15, 0.2) is 53.6 Å². The molecule has 0 unspecified atom stereocenters. The molecule has 0 radical (unpaired) electrons. The standard InChI is InChI=1S/C24H26Cl3N3O5S/c1-3-34-24(31)16-30-18(11-12-28-30)6-4-5-13-29(2)36(32,33)23-10-8-19(15-21(23)27)35-22-9-7-17(25)14-20(22)26/h7-12,14-15H,3-6,13,16H2,1-2H3. The summed E-state index contributed by atoms with van der Waals surface area (Å²) in [6.07, 6.45) is 3.58. The number of carbonyl (C=O) groups excluding carboxylic acids is 1. The SMILES string of the molecule is CCOC(=O)Cn1nccc1CCCCN(C)S(=O)(=O)c1ccc(Oc2ccc(Cl)cc2Cl)cc1Cl. The largest absolute Gasteiger partial charge is 0.465 e. The lowest BCUT2D eigenvalue weighted by Gasteiger charge is -2.18. The van der Waals surface area contributed by atoms with Crippen molar-refractivity contribution in [3.63, 3.8) is 0 Å².